The number of aromatic nitrogens is 5. The lowest BCUT2D eigenvalue weighted by atomic mass is 10.0. The van der Waals surface area contributed by atoms with Gasteiger partial charge in [-0.15, -0.1) is 5.10 Å². The SMILES string of the molecule is CN[C@@H]1CCCCNC(=O)[C@H](Cc2ccc(C(F)(F)F)cc2)NC(=O)CNC(=O)[C@H]2Cc3cn(nn3)CCC[C@@H](NC(=O)[C@H](C)NC1=O)C(=O)N[C@@H](Cc1c[nH]cn1)C(=O)N[C@@H](CC1CC1)C(=O)NCC(=O)N[C@@H](CCC(=O)O)C(=O)N2. The van der Waals surface area contributed by atoms with Crippen LogP contribution in [0.3, 0.4) is 0 Å². The lowest BCUT2D eigenvalue weighted by Gasteiger charge is -2.26. The van der Waals surface area contributed by atoms with E-state index in [4.69, 9.17) is 0 Å². The molecule has 2 aromatic heterocycles. The number of alkyl halides is 3. The van der Waals surface area contributed by atoms with E-state index < -0.39 is 157 Å². The van der Waals surface area contributed by atoms with E-state index in [0.29, 0.717) is 12.1 Å². The van der Waals surface area contributed by atoms with Crippen LogP contribution in [-0.2, 0) is 84.7 Å². The summed E-state index contributed by atoms with van der Waals surface area (Å²) in [7, 11) is 1.52. The Morgan fingerprint density at radius 2 is 1.33 bits per heavy atom. The van der Waals surface area contributed by atoms with Crippen LogP contribution in [0.25, 0.3) is 0 Å². The maximum atomic E-state index is 14.4. The molecule has 4 bridgehead atoms. The highest BCUT2D eigenvalue weighted by Gasteiger charge is 2.36. The third-order valence-corrected chi connectivity index (χ3v) is 13.8. The highest BCUT2D eigenvalue weighted by atomic mass is 19.4. The lowest BCUT2D eigenvalue weighted by Crippen LogP contribution is -2.59. The molecule has 0 spiro atoms. The molecule has 1 saturated carbocycles. The average Bonchev–Trinajstić information content (AvgIpc) is 3.92. The van der Waals surface area contributed by atoms with E-state index in [9.17, 15) is 71.0 Å². The number of H-pyrrole nitrogens is 1. The molecule has 13 N–H and O–H groups in total. The van der Waals surface area contributed by atoms with Gasteiger partial charge in [-0.25, -0.2) is 4.98 Å². The third kappa shape index (κ3) is 19.9. The molecule has 1 aromatic carbocycles. The number of aryl methyl sites for hydroxylation is 1. The highest BCUT2D eigenvalue weighted by molar-refractivity contribution is 5.98. The third-order valence-electron chi connectivity index (χ3n) is 13.8. The van der Waals surface area contributed by atoms with Gasteiger partial charge in [0, 0.05) is 51.2 Å². The number of imidazole rings is 1. The molecule has 1 aliphatic carbocycles. The van der Waals surface area contributed by atoms with E-state index in [2.05, 4.69) is 78.8 Å². The molecule has 0 radical (unpaired) electrons. The van der Waals surface area contributed by atoms with Gasteiger partial charge in [-0.1, -0.05) is 30.2 Å². The van der Waals surface area contributed by atoms with Gasteiger partial charge in [-0.3, -0.25) is 57.4 Å². The maximum absolute atomic E-state index is 14.4. The molecule has 3 aliphatic rings. The molecular weight excluding hydrogens is 1090 g/mol. The van der Waals surface area contributed by atoms with Gasteiger partial charge in [0.25, 0.3) is 0 Å². The van der Waals surface area contributed by atoms with E-state index in [-0.39, 0.29) is 75.2 Å². The summed E-state index contributed by atoms with van der Waals surface area (Å²) in [6.45, 7) is -0.179. The molecule has 2 aliphatic heterocycles. The van der Waals surface area contributed by atoms with E-state index >= 15 is 0 Å². The zero-order valence-corrected chi connectivity index (χ0v) is 45.1. The van der Waals surface area contributed by atoms with Gasteiger partial charge in [0.15, 0.2) is 0 Å². The Kier molecular flexibility index (Phi) is 22.8. The van der Waals surface area contributed by atoms with E-state index in [1.807, 2.05) is 0 Å². The fourth-order valence-electron chi connectivity index (χ4n) is 9.02. The van der Waals surface area contributed by atoms with Crippen LogP contribution in [0, 0.1) is 5.92 Å². The molecule has 3 aromatic rings. The van der Waals surface area contributed by atoms with Crippen molar-refractivity contribution in [2.45, 2.75) is 151 Å². The van der Waals surface area contributed by atoms with E-state index in [0.717, 1.165) is 37.1 Å². The molecule has 31 heteroatoms. The summed E-state index contributed by atoms with van der Waals surface area (Å²) >= 11 is 0. The number of nitrogens with one attached hydrogen (secondary N) is 12. The Labute approximate surface area is 467 Å². The number of carboxylic acids is 1. The molecule has 0 saturated heterocycles. The van der Waals surface area contributed by atoms with Crippen LogP contribution in [0.15, 0.2) is 43.0 Å². The van der Waals surface area contributed by atoms with E-state index in [1.54, 1.807) is 0 Å². The van der Waals surface area contributed by atoms with Crippen molar-refractivity contribution >= 4 is 65.0 Å². The number of carbonyl (C=O) groups excluding carboxylic acids is 10. The van der Waals surface area contributed by atoms with Crippen molar-refractivity contribution in [1.29, 1.82) is 0 Å². The van der Waals surface area contributed by atoms with Crippen LogP contribution in [0.4, 0.5) is 13.2 Å². The van der Waals surface area contributed by atoms with Gasteiger partial charge in [-0.05, 0) is 82.5 Å². The molecule has 10 amide bonds. The first-order valence-corrected chi connectivity index (χ1v) is 26.9. The van der Waals surface area contributed by atoms with Crippen molar-refractivity contribution in [2.75, 3.05) is 26.7 Å². The molecule has 1 fully saturated rings. The molecule has 4 heterocycles. The minimum absolute atomic E-state index is 0.00900. The molecule has 82 heavy (non-hydrogen) atoms. The first kappa shape index (κ1) is 62.7. The summed E-state index contributed by atoms with van der Waals surface area (Å²) in [5, 5.41) is 46.3. The Balaban J connectivity index is 1.34. The van der Waals surface area contributed by atoms with Crippen molar-refractivity contribution in [2.24, 2.45) is 5.92 Å². The molecule has 6 rings (SSSR count). The fraction of sp³-hybridized carbons (Fsp3) is 0.569. The molecule has 28 nitrogen and oxygen atoms in total. The topological polar surface area (TPSA) is 400 Å². The number of carbonyl (C=O) groups is 11. The first-order chi connectivity index (χ1) is 39.0. The van der Waals surface area contributed by atoms with Gasteiger partial charge in [-0.2, -0.15) is 13.2 Å². The second-order valence-corrected chi connectivity index (χ2v) is 20.4. The van der Waals surface area contributed by atoms with Gasteiger partial charge in [0.1, 0.15) is 42.3 Å². The Morgan fingerprint density at radius 3 is 1.99 bits per heavy atom. The normalized spacial score (nSPS) is 25.4. The summed E-state index contributed by atoms with van der Waals surface area (Å²) in [6.07, 6.45) is -0.0679. The molecule has 0 unspecified atom stereocenters. The number of aromatic amines is 1. The monoisotopic (exact) mass is 1150 g/mol. The quantitative estimate of drug-likeness (QED) is 0.0965. The average molecular weight is 1160 g/mol. The summed E-state index contributed by atoms with van der Waals surface area (Å²) in [4.78, 5) is 158. The highest BCUT2D eigenvalue weighted by Crippen LogP contribution is 2.33. The number of amides is 10. The molecular formula is C51H69F3N16O12. The number of nitrogens with zero attached hydrogens (tertiary/aromatic N) is 4. The van der Waals surface area contributed by atoms with Crippen molar-refractivity contribution in [3.63, 3.8) is 0 Å². The van der Waals surface area contributed by atoms with Crippen molar-refractivity contribution in [1.82, 2.24) is 83.4 Å². The van der Waals surface area contributed by atoms with Crippen LogP contribution in [0.5, 0.6) is 0 Å². The Hall–Kier alpha value is -8.51. The van der Waals surface area contributed by atoms with Gasteiger partial charge in [0.05, 0.1) is 42.4 Å². The van der Waals surface area contributed by atoms with Gasteiger partial charge < -0.3 is 68.6 Å². The smallest absolute Gasteiger partial charge is 0.416 e. The summed E-state index contributed by atoms with van der Waals surface area (Å²) in [5.41, 5.74) is -0.306. The number of likely N-dealkylation sites (N-methyl/N-ethyl adjacent to an activating group) is 1. The van der Waals surface area contributed by atoms with Crippen LogP contribution >= 0.6 is 0 Å². The number of carboxylic acid groups (broad SMARTS) is 1. The number of rotatable bonds is 10. The van der Waals surface area contributed by atoms with Crippen molar-refractivity contribution in [3.05, 3.63) is 65.5 Å². The van der Waals surface area contributed by atoms with Gasteiger partial charge >= 0.3 is 12.1 Å². The second-order valence-electron chi connectivity index (χ2n) is 20.4. The zero-order chi connectivity index (χ0) is 59.5. The van der Waals surface area contributed by atoms with Crippen molar-refractivity contribution in [3.8, 4) is 0 Å². The number of hydrogen-bond acceptors (Lipinski definition) is 15. The predicted octanol–water partition coefficient (Wildman–Crippen LogP) is -2.96. The van der Waals surface area contributed by atoms with Crippen LogP contribution in [0.2, 0.25) is 0 Å². The number of aliphatic carboxylic acids is 1. The van der Waals surface area contributed by atoms with E-state index in [1.165, 1.54) is 37.4 Å². The number of halogens is 3. The van der Waals surface area contributed by atoms with Crippen LogP contribution in [0.1, 0.15) is 93.6 Å². The predicted molar refractivity (Wildman–Crippen MR) is 280 cm³/mol. The molecule has 8 atom stereocenters. The largest absolute Gasteiger partial charge is 0.481 e. The number of fused-ring (bicyclic) bond motifs is 4. The minimum Gasteiger partial charge on any atom is -0.481 e. The zero-order valence-electron chi connectivity index (χ0n) is 45.1. The van der Waals surface area contributed by atoms with Crippen molar-refractivity contribution < 1.29 is 71.0 Å². The number of benzene rings is 1. The fourth-order valence-corrected chi connectivity index (χ4v) is 9.02. The summed E-state index contributed by atoms with van der Waals surface area (Å²) in [5.74, 6) is -9.90. The Bertz CT molecular complexity index is 2760. The first-order valence-electron chi connectivity index (χ1n) is 26.9. The summed E-state index contributed by atoms with van der Waals surface area (Å²) < 4.78 is 41.6. The van der Waals surface area contributed by atoms with Crippen LogP contribution in [-0.4, -0.2) is 170 Å². The second kappa shape index (κ2) is 29.8. The molecule has 446 valence electrons. The maximum Gasteiger partial charge on any atom is 0.416 e. The standard InChI is InChI=1S/C51H69F3N16O12/c1-27-43(75)64-34-7-5-17-70-25-32(68-69-70)21-38(46(78)59-24-41(72)63-36(18-29-10-12-30(13-11-29)51(52,53)54)44(76)57-16-4-3-6-33(55-2)47(79)61-27)66-49(81)35(14-15-42(73)74)62-40(71)23-58-45(77)37(19-28-8-9-28)65-50(82)39(67-48(34)80)20-31-22-56-26-60-31/h10-13,22,25-28,33-39,55H,3-9,14-21,23-24H2,1-2H3,(H,56,60)(H,57,76)(H,58,77)(H,59,78)(H,61,79)(H,62,71)(H,63,72)(H,64,75)(H,65,82)(H,66,81)(H,67,80)(H,73,74)/t27-,33+,34+,35-,36-,37-,38+,39-/m0/s1. The van der Waals surface area contributed by atoms with Gasteiger partial charge in [0.2, 0.25) is 59.1 Å². The number of hydrogen-bond donors (Lipinski definition) is 13. The lowest BCUT2D eigenvalue weighted by molar-refractivity contribution is -0.138. The Morgan fingerprint density at radius 1 is 0.683 bits per heavy atom. The minimum atomic E-state index is -4.66. The van der Waals surface area contributed by atoms with Crippen LogP contribution < -0.4 is 58.5 Å². The summed E-state index contributed by atoms with van der Waals surface area (Å²) in [6, 6.07) is -6.84.